The van der Waals surface area contributed by atoms with Gasteiger partial charge in [-0.3, -0.25) is 19.4 Å². The Morgan fingerprint density at radius 1 is 1.26 bits per heavy atom. The van der Waals surface area contributed by atoms with Gasteiger partial charge in [-0.25, -0.2) is 0 Å². The van der Waals surface area contributed by atoms with Gasteiger partial charge < -0.3 is 10.4 Å². The number of halogens is 1. The lowest BCUT2D eigenvalue weighted by molar-refractivity contribution is -0.138. The maximum absolute atomic E-state index is 12.2. The number of likely N-dealkylation sites (N-methyl/N-ethyl adjacent to an activating group) is 1. The number of carboxylic acid groups (broad SMARTS) is 1. The highest BCUT2D eigenvalue weighted by molar-refractivity contribution is 5.85. The smallest absolute Gasteiger partial charge is 0.317 e. The molecule has 1 heterocycles. The molecule has 0 aromatic carbocycles. The maximum atomic E-state index is 12.2. The number of likely N-dealkylation sites (tertiary alicyclic amines) is 1. The molecule has 1 aliphatic heterocycles. The Morgan fingerprint density at radius 3 is 2.48 bits per heavy atom. The molecule has 0 radical (unpaired) electrons. The number of carboxylic acids is 1. The number of nitrogens with one attached hydrogen (secondary N) is 1. The van der Waals surface area contributed by atoms with Crippen molar-refractivity contribution in [3.05, 3.63) is 0 Å². The molecule has 1 rings (SSSR count). The van der Waals surface area contributed by atoms with Gasteiger partial charge >= 0.3 is 5.97 Å². The molecule has 136 valence electrons. The first kappa shape index (κ1) is 22.1. The SMILES string of the molecule is CC(C)CNC(=O)C(C)N1CCCC(N(C)CC(=O)O)CC1.Cl. The van der Waals surface area contributed by atoms with Gasteiger partial charge in [-0.2, -0.15) is 0 Å². The van der Waals surface area contributed by atoms with Crippen molar-refractivity contribution in [3.8, 4) is 0 Å². The number of hydrogen-bond acceptors (Lipinski definition) is 4. The van der Waals surface area contributed by atoms with Crippen LogP contribution >= 0.6 is 12.4 Å². The van der Waals surface area contributed by atoms with Crippen LogP contribution in [-0.4, -0.2) is 72.1 Å². The molecule has 0 aromatic rings. The highest BCUT2D eigenvalue weighted by Crippen LogP contribution is 2.17. The fourth-order valence-electron chi connectivity index (χ4n) is 2.89. The van der Waals surface area contributed by atoms with Crippen molar-refractivity contribution in [2.24, 2.45) is 5.92 Å². The van der Waals surface area contributed by atoms with Gasteiger partial charge in [0.2, 0.25) is 5.91 Å². The number of carbonyl (C=O) groups excluding carboxylic acids is 1. The largest absolute Gasteiger partial charge is 0.480 e. The van der Waals surface area contributed by atoms with Gasteiger partial charge in [0.15, 0.2) is 0 Å². The number of nitrogens with zero attached hydrogens (tertiary/aromatic N) is 2. The van der Waals surface area contributed by atoms with Gasteiger partial charge in [-0.1, -0.05) is 13.8 Å². The van der Waals surface area contributed by atoms with Gasteiger partial charge in [-0.05, 0) is 45.7 Å². The zero-order valence-corrected chi connectivity index (χ0v) is 15.6. The third-order valence-corrected chi connectivity index (χ3v) is 4.35. The molecular formula is C16H32ClN3O3. The summed E-state index contributed by atoms with van der Waals surface area (Å²) in [4.78, 5) is 27.1. The van der Waals surface area contributed by atoms with Crippen LogP contribution in [0.5, 0.6) is 0 Å². The van der Waals surface area contributed by atoms with Crippen LogP contribution in [0, 0.1) is 5.92 Å². The van der Waals surface area contributed by atoms with Crippen molar-refractivity contribution >= 4 is 24.3 Å². The summed E-state index contributed by atoms with van der Waals surface area (Å²) in [6, 6.07) is 0.161. The Balaban J connectivity index is 0.00000484. The predicted octanol–water partition coefficient (Wildman–Crippen LogP) is 1.44. The molecule has 2 atom stereocenters. The van der Waals surface area contributed by atoms with Crippen LogP contribution in [0.3, 0.4) is 0 Å². The van der Waals surface area contributed by atoms with E-state index in [1.807, 2.05) is 18.9 Å². The first-order chi connectivity index (χ1) is 10.3. The van der Waals surface area contributed by atoms with E-state index >= 15 is 0 Å². The summed E-state index contributed by atoms with van der Waals surface area (Å²) >= 11 is 0. The topological polar surface area (TPSA) is 72.9 Å². The standard InChI is InChI=1S/C16H31N3O3.ClH/c1-12(2)10-17-16(22)13(3)19-8-5-6-14(7-9-19)18(4)11-15(20)21;/h12-14H,5-11H2,1-4H3,(H,17,22)(H,20,21);1H. The van der Waals surface area contributed by atoms with E-state index < -0.39 is 5.97 Å². The number of amides is 1. The molecule has 1 amide bonds. The fourth-order valence-corrected chi connectivity index (χ4v) is 2.89. The molecule has 7 heteroatoms. The van der Waals surface area contributed by atoms with Crippen molar-refractivity contribution in [3.63, 3.8) is 0 Å². The number of hydrogen-bond donors (Lipinski definition) is 2. The van der Waals surface area contributed by atoms with E-state index in [0.29, 0.717) is 12.5 Å². The average molecular weight is 350 g/mol. The summed E-state index contributed by atoms with van der Waals surface area (Å²) in [6.07, 6.45) is 2.89. The number of carbonyl (C=O) groups is 2. The van der Waals surface area contributed by atoms with Gasteiger partial charge in [0.1, 0.15) is 0 Å². The summed E-state index contributed by atoms with van der Waals surface area (Å²) in [7, 11) is 1.87. The highest BCUT2D eigenvalue weighted by Gasteiger charge is 2.26. The molecule has 0 saturated carbocycles. The van der Waals surface area contributed by atoms with Crippen molar-refractivity contribution in [1.82, 2.24) is 15.1 Å². The predicted molar refractivity (Wildman–Crippen MR) is 94.0 cm³/mol. The minimum atomic E-state index is -0.787. The van der Waals surface area contributed by atoms with Crippen LogP contribution < -0.4 is 5.32 Å². The Labute approximate surface area is 146 Å². The quantitative estimate of drug-likeness (QED) is 0.727. The molecule has 0 aliphatic carbocycles. The van der Waals surface area contributed by atoms with E-state index in [9.17, 15) is 9.59 Å². The van der Waals surface area contributed by atoms with Crippen LogP contribution in [0.4, 0.5) is 0 Å². The molecule has 0 bridgehead atoms. The second kappa shape index (κ2) is 10.8. The van der Waals surface area contributed by atoms with E-state index in [4.69, 9.17) is 5.11 Å². The van der Waals surface area contributed by atoms with Gasteiger partial charge in [-0.15, -0.1) is 12.4 Å². The van der Waals surface area contributed by atoms with Crippen LogP contribution in [0.1, 0.15) is 40.0 Å². The summed E-state index contributed by atoms with van der Waals surface area (Å²) < 4.78 is 0. The van der Waals surface area contributed by atoms with Crippen LogP contribution in [0.15, 0.2) is 0 Å². The maximum Gasteiger partial charge on any atom is 0.317 e. The minimum absolute atomic E-state index is 0. The fraction of sp³-hybridized carbons (Fsp3) is 0.875. The second-order valence-electron chi connectivity index (χ2n) is 6.74. The van der Waals surface area contributed by atoms with Crippen LogP contribution in [0.25, 0.3) is 0 Å². The lowest BCUT2D eigenvalue weighted by atomic mass is 10.1. The highest BCUT2D eigenvalue weighted by atomic mass is 35.5. The Morgan fingerprint density at radius 2 is 1.91 bits per heavy atom. The Hall–Kier alpha value is -0.850. The summed E-state index contributed by atoms with van der Waals surface area (Å²) in [5.41, 5.74) is 0. The van der Waals surface area contributed by atoms with Gasteiger partial charge in [0.05, 0.1) is 12.6 Å². The molecule has 23 heavy (non-hydrogen) atoms. The molecule has 2 N–H and O–H groups in total. The second-order valence-corrected chi connectivity index (χ2v) is 6.74. The summed E-state index contributed by atoms with van der Waals surface area (Å²) in [5, 5.41) is 11.9. The molecule has 1 aliphatic rings. The van der Waals surface area contributed by atoms with Crippen molar-refractivity contribution < 1.29 is 14.7 Å². The van der Waals surface area contributed by atoms with E-state index in [0.717, 1.165) is 32.4 Å². The normalized spacial score (nSPS) is 20.7. The molecule has 0 spiro atoms. The zero-order valence-electron chi connectivity index (χ0n) is 14.7. The van der Waals surface area contributed by atoms with Crippen molar-refractivity contribution in [2.75, 3.05) is 33.2 Å². The molecule has 1 saturated heterocycles. The Kier molecular flexibility index (Phi) is 10.4. The van der Waals surface area contributed by atoms with Crippen molar-refractivity contribution in [2.45, 2.75) is 52.1 Å². The van der Waals surface area contributed by atoms with Crippen LogP contribution in [0.2, 0.25) is 0 Å². The van der Waals surface area contributed by atoms with Crippen molar-refractivity contribution in [1.29, 1.82) is 0 Å². The van der Waals surface area contributed by atoms with E-state index in [-0.39, 0.29) is 36.9 Å². The average Bonchev–Trinajstić information content (AvgIpc) is 2.69. The molecule has 0 aromatic heterocycles. The molecular weight excluding hydrogens is 318 g/mol. The lowest BCUT2D eigenvalue weighted by Gasteiger charge is -2.28. The molecule has 1 fully saturated rings. The first-order valence-electron chi connectivity index (χ1n) is 8.25. The van der Waals surface area contributed by atoms with Crippen LogP contribution in [-0.2, 0) is 9.59 Å². The minimum Gasteiger partial charge on any atom is -0.480 e. The molecule has 6 nitrogen and oxygen atoms in total. The van der Waals surface area contributed by atoms with E-state index in [2.05, 4.69) is 24.1 Å². The zero-order chi connectivity index (χ0) is 16.7. The number of aliphatic carboxylic acids is 1. The van der Waals surface area contributed by atoms with E-state index in [1.54, 1.807) is 0 Å². The van der Waals surface area contributed by atoms with Gasteiger partial charge in [0, 0.05) is 19.1 Å². The third kappa shape index (κ3) is 7.99. The first-order valence-corrected chi connectivity index (χ1v) is 8.25. The lowest BCUT2D eigenvalue weighted by Crippen LogP contribution is -2.46. The number of rotatable bonds is 7. The summed E-state index contributed by atoms with van der Waals surface area (Å²) in [5.74, 6) is -0.245. The summed E-state index contributed by atoms with van der Waals surface area (Å²) in [6.45, 7) is 8.64. The van der Waals surface area contributed by atoms with E-state index in [1.165, 1.54) is 0 Å². The third-order valence-electron chi connectivity index (χ3n) is 4.35. The monoisotopic (exact) mass is 349 g/mol. The molecule has 2 unspecified atom stereocenters. The van der Waals surface area contributed by atoms with Gasteiger partial charge in [0.25, 0.3) is 0 Å². The Bertz CT molecular complexity index is 380.